The van der Waals surface area contributed by atoms with Crippen LogP contribution < -0.4 is 16.8 Å². The second-order valence-electron chi connectivity index (χ2n) is 7.49. The number of benzene rings is 1. The van der Waals surface area contributed by atoms with Crippen LogP contribution in [0, 0.1) is 0 Å². The van der Waals surface area contributed by atoms with Crippen molar-refractivity contribution in [3.8, 4) is 0 Å². The highest BCUT2D eigenvalue weighted by atomic mass is 16.5. The van der Waals surface area contributed by atoms with E-state index in [0.29, 0.717) is 22.4 Å². The van der Waals surface area contributed by atoms with Gasteiger partial charge < -0.3 is 4.74 Å². The zero-order valence-corrected chi connectivity index (χ0v) is 16.8. The van der Waals surface area contributed by atoms with Crippen molar-refractivity contribution in [2.45, 2.75) is 38.3 Å². The summed E-state index contributed by atoms with van der Waals surface area (Å²) in [6, 6.07) is 8.58. The summed E-state index contributed by atoms with van der Waals surface area (Å²) in [4.78, 5) is 53.5. The van der Waals surface area contributed by atoms with Gasteiger partial charge in [-0.1, -0.05) is 12.1 Å². The molecule has 0 atom stereocenters. The first-order chi connectivity index (χ1) is 14.4. The Balaban J connectivity index is 1.49. The van der Waals surface area contributed by atoms with Gasteiger partial charge in [-0.05, 0) is 25.0 Å². The minimum atomic E-state index is -0.493. The Morgan fingerprint density at radius 1 is 1.13 bits per heavy atom. The van der Waals surface area contributed by atoms with Crippen molar-refractivity contribution in [2.75, 3.05) is 0 Å². The number of hydrogen-bond donors (Lipinski definition) is 0. The van der Waals surface area contributed by atoms with Crippen molar-refractivity contribution < 1.29 is 9.53 Å². The molecule has 0 radical (unpaired) electrons. The predicted octanol–water partition coefficient (Wildman–Crippen LogP) is 0.805. The van der Waals surface area contributed by atoms with E-state index >= 15 is 0 Å². The van der Waals surface area contributed by atoms with E-state index in [1.165, 1.54) is 24.7 Å². The van der Waals surface area contributed by atoms with Crippen molar-refractivity contribution in [3.05, 3.63) is 73.0 Å². The van der Waals surface area contributed by atoms with Gasteiger partial charge in [-0.25, -0.2) is 9.78 Å². The summed E-state index contributed by atoms with van der Waals surface area (Å²) in [7, 11) is 2.90. The summed E-state index contributed by atoms with van der Waals surface area (Å²) >= 11 is 0. The fourth-order valence-corrected chi connectivity index (χ4v) is 3.43. The van der Waals surface area contributed by atoms with E-state index in [9.17, 15) is 19.2 Å². The Morgan fingerprint density at radius 3 is 2.60 bits per heavy atom. The van der Waals surface area contributed by atoms with Gasteiger partial charge in [0.05, 0.1) is 23.0 Å². The van der Waals surface area contributed by atoms with Crippen LogP contribution in [0.1, 0.15) is 36.8 Å². The summed E-state index contributed by atoms with van der Waals surface area (Å²) in [6.45, 7) is -0.179. The summed E-state index contributed by atoms with van der Waals surface area (Å²) in [6.07, 6.45) is 2.16. The second kappa shape index (κ2) is 7.74. The smallest absolute Gasteiger partial charge is 0.330 e. The molecule has 1 fully saturated rings. The Labute approximate surface area is 171 Å². The lowest BCUT2D eigenvalue weighted by atomic mass is 10.2. The number of carbonyl (C=O) groups is 1. The molecule has 1 saturated carbocycles. The fourth-order valence-electron chi connectivity index (χ4n) is 3.43. The number of hydrogen-bond acceptors (Lipinski definition) is 6. The normalized spacial score (nSPS) is 13.5. The highest BCUT2D eigenvalue weighted by Crippen LogP contribution is 2.34. The lowest BCUT2D eigenvalue weighted by Crippen LogP contribution is -2.38. The van der Waals surface area contributed by atoms with Crippen molar-refractivity contribution in [1.29, 1.82) is 0 Å². The zero-order valence-electron chi connectivity index (χ0n) is 16.8. The highest BCUT2D eigenvalue weighted by molar-refractivity contribution is 5.77. The largest absolute Gasteiger partial charge is 0.459 e. The zero-order chi connectivity index (χ0) is 21.4. The number of para-hydroxylation sites is 1. The monoisotopic (exact) mass is 410 g/mol. The van der Waals surface area contributed by atoms with Gasteiger partial charge >= 0.3 is 11.7 Å². The molecule has 156 valence electrons. The van der Waals surface area contributed by atoms with E-state index < -0.39 is 17.2 Å². The molecule has 9 nitrogen and oxygen atoms in total. The maximum absolute atomic E-state index is 12.9. The molecule has 0 N–H and O–H groups in total. The molecule has 0 unspecified atom stereocenters. The van der Waals surface area contributed by atoms with Gasteiger partial charge in [0.15, 0.2) is 0 Å². The van der Waals surface area contributed by atoms with E-state index in [4.69, 9.17) is 4.74 Å². The maximum atomic E-state index is 12.9. The number of ether oxygens (including phenoxy) is 1. The summed E-state index contributed by atoms with van der Waals surface area (Å²) in [5, 5.41) is 0.572. The molecule has 1 aliphatic rings. The Bertz CT molecular complexity index is 1310. The first kappa shape index (κ1) is 19.8. The van der Waals surface area contributed by atoms with Gasteiger partial charge in [-0.3, -0.25) is 28.1 Å². The maximum Gasteiger partial charge on any atom is 0.330 e. The number of esters is 1. The third-order valence-electron chi connectivity index (χ3n) is 5.35. The molecule has 30 heavy (non-hydrogen) atoms. The average molecular weight is 410 g/mol. The van der Waals surface area contributed by atoms with Crippen LogP contribution in [-0.2, 0) is 36.7 Å². The first-order valence-electron chi connectivity index (χ1n) is 9.78. The quantitative estimate of drug-likeness (QED) is 0.557. The molecular formula is C21H22N4O5. The van der Waals surface area contributed by atoms with Crippen LogP contribution >= 0.6 is 0 Å². The first-order valence-corrected chi connectivity index (χ1v) is 9.78. The molecule has 4 rings (SSSR count). The van der Waals surface area contributed by atoms with Gasteiger partial charge in [0.25, 0.3) is 11.1 Å². The molecular weight excluding hydrogens is 388 g/mol. The van der Waals surface area contributed by atoms with Crippen molar-refractivity contribution in [3.63, 3.8) is 0 Å². The van der Waals surface area contributed by atoms with Gasteiger partial charge in [-0.2, -0.15) is 0 Å². The highest BCUT2D eigenvalue weighted by Gasteiger charge is 2.28. The van der Waals surface area contributed by atoms with Crippen LogP contribution in [0.25, 0.3) is 10.9 Å². The predicted molar refractivity (Wildman–Crippen MR) is 109 cm³/mol. The number of aromatic nitrogens is 4. The van der Waals surface area contributed by atoms with Gasteiger partial charge in [-0.15, -0.1) is 0 Å². The number of nitrogens with zero attached hydrogens (tertiary/aromatic N) is 4. The van der Waals surface area contributed by atoms with Crippen molar-refractivity contribution in [1.82, 2.24) is 18.7 Å². The molecule has 2 heterocycles. The third kappa shape index (κ3) is 3.70. The van der Waals surface area contributed by atoms with E-state index in [-0.39, 0.29) is 31.0 Å². The minimum absolute atomic E-state index is 0.0380. The summed E-state index contributed by atoms with van der Waals surface area (Å²) < 4.78 is 9.20. The summed E-state index contributed by atoms with van der Waals surface area (Å²) in [5.41, 5.74) is -0.102. The minimum Gasteiger partial charge on any atom is -0.459 e. The van der Waals surface area contributed by atoms with Crippen LogP contribution in [0.15, 0.2) is 44.7 Å². The van der Waals surface area contributed by atoms with E-state index in [1.807, 2.05) is 12.1 Å². The van der Waals surface area contributed by atoms with Gasteiger partial charge in [0.1, 0.15) is 12.4 Å². The number of aryl methyl sites for hydroxylation is 1. The lowest BCUT2D eigenvalue weighted by molar-refractivity contribution is -0.145. The van der Waals surface area contributed by atoms with Crippen LogP contribution in [0.2, 0.25) is 0 Å². The third-order valence-corrected chi connectivity index (χ3v) is 5.35. The molecule has 0 aliphatic heterocycles. The molecule has 0 bridgehead atoms. The van der Waals surface area contributed by atoms with Crippen LogP contribution in [0.5, 0.6) is 0 Å². The van der Waals surface area contributed by atoms with E-state index in [0.717, 1.165) is 17.4 Å². The molecule has 0 spiro atoms. The average Bonchev–Trinajstić information content (AvgIpc) is 3.57. The lowest BCUT2D eigenvalue weighted by Gasteiger charge is -2.13. The van der Waals surface area contributed by atoms with Crippen molar-refractivity contribution >= 4 is 16.9 Å². The molecule has 1 aromatic carbocycles. The molecule has 0 saturated heterocycles. The topological polar surface area (TPSA) is 105 Å². The molecule has 3 aromatic rings. The standard InChI is InChI=1S/C21H22N4O5/c1-23-14(11-18(26)24(2)21(23)29)12-30-19(27)10-9-17-22-16-6-4-3-5-15(16)20(28)25(17)13-7-8-13/h3-6,11,13H,7-10,12H2,1-2H3. The molecule has 2 aromatic heterocycles. The van der Waals surface area contributed by atoms with Crippen LogP contribution in [0.4, 0.5) is 0 Å². The van der Waals surface area contributed by atoms with Crippen molar-refractivity contribution in [2.24, 2.45) is 14.1 Å². The van der Waals surface area contributed by atoms with E-state index in [1.54, 1.807) is 16.7 Å². The summed E-state index contributed by atoms with van der Waals surface area (Å²) in [5.74, 6) is 0.0759. The fraction of sp³-hybridized carbons (Fsp3) is 0.381. The Kier molecular flexibility index (Phi) is 5.11. The molecule has 1 aliphatic carbocycles. The Hall–Kier alpha value is -3.49. The molecule has 9 heteroatoms. The van der Waals surface area contributed by atoms with Crippen LogP contribution in [-0.4, -0.2) is 24.7 Å². The van der Waals surface area contributed by atoms with E-state index in [2.05, 4.69) is 4.98 Å². The van der Waals surface area contributed by atoms with Gasteiger partial charge in [0, 0.05) is 32.6 Å². The second-order valence-corrected chi connectivity index (χ2v) is 7.49. The number of rotatable bonds is 6. The van der Waals surface area contributed by atoms with Gasteiger partial charge in [0.2, 0.25) is 0 Å². The number of fused-ring (bicyclic) bond motifs is 1. The number of carbonyl (C=O) groups excluding carboxylic acids is 1. The SMILES string of the molecule is Cn1c(COC(=O)CCc2nc3ccccc3c(=O)n2C2CC2)cc(=O)n(C)c1=O. The van der Waals surface area contributed by atoms with Crippen LogP contribution in [0.3, 0.4) is 0 Å². The molecule has 0 amide bonds. The Morgan fingerprint density at radius 2 is 1.87 bits per heavy atom.